The Balaban J connectivity index is 2.75. The van der Waals surface area contributed by atoms with Crippen LogP contribution in [0.3, 0.4) is 0 Å². The largest absolute Gasteiger partial charge is 0.294 e. The summed E-state index contributed by atoms with van der Waals surface area (Å²) in [5.74, 6) is 0.425. The van der Waals surface area contributed by atoms with Gasteiger partial charge in [-0.1, -0.05) is 11.6 Å². The normalized spacial score (nSPS) is 10.4. The number of fused-ring (bicyclic) bond motifs is 1. The van der Waals surface area contributed by atoms with Crippen LogP contribution in [0.5, 0.6) is 0 Å². The summed E-state index contributed by atoms with van der Waals surface area (Å²) in [6.07, 6.45) is 2.15. The van der Waals surface area contributed by atoms with Crippen molar-refractivity contribution in [3.8, 4) is 0 Å². The van der Waals surface area contributed by atoms with E-state index in [1.54, 1.807) is 12.3 Å². The minimum absolute atomic E-state index is 0.102. The molecule has 2 rings (SSSR count). The van der Waals surface area contributed by atoms with E-state index in [2.05, 4.69) is 15.1 Å². The molecule has 0 bridgehead atoms. The Labute approximate surface area is 72.0 Å². The summed E-state index contributed by atoms with van der Waals surface area (Å²) >= 11 is 5.59. The molecule has 0 aliphatic heterocycles. The summed E-state index contributed by atoms with van der Waals surface area (Å²) in [5, 5.41) is 4.11. The number of carbonyl (C=O) groups excluding carboxylic acids is 1. The molecule has 0 unspecified atom stereocenters. The summed E-state index contributed by atoms with van der Waals surface area (Å²) < 4.78 is 1.38. The van der Waals surface area contributed by atoms with E-state index in [-0.39, 0.29) is 5.82 Å². The van der Waals surface area contributed by atoms with Gasteiger partial charge in [0.15, 0.2) is 6.29 Å². The molecule has 5 nitrogen and oxygen atoms in total. The van der Waals surface area contributed by atoms with Gasteiger partial charge in [-0.15, -0.1) is 5.10 Å². The summed E-state index contributed by atoms with van der Waals surface area (Å²) in [5.41, 5.74) is 0. The summed E-state index contributed by atoms with van der Waals surface area (Å²) in [7, 11) is 0. The molecule has 0 N–H and O–H groups in total. The second kappa shape index (κ2) is 2.53. The molecular formula is C6H3ClN4O. The van der Waals surface area contributed by atoms with Crippen molar-refractivity contribution in [1.29, 1.82) is 0 Å². The monoisotopic (exact) mass is 182 g/mol. The lowest BCUT2D eigenvalue weighted by Crippen LogP contribution is -1.89. The van der Waals surface area contributed by atoms with Crippen LogP contribution < -0.4 is 0 Å². The van der Waals surface area contributed by atoms with Crippen LogP contribution in [-0.4, -0.2) is 25.9 Å². The molecule has 0 aliphatic carbocycles. The van der Waals surface area contributed by atoms with Crippen LogP contribution in [-0.2, 0) is 0 Å². The van der Waals surface area contributed by atoms with Crippen LogP contribution in [0.25, 0.3) is 5.78 Å². The Morgan fingerprint density at radius 2 is 2.33 bits per heavy atom. The van der Waals surface area contributed by atoms with Gasteiger partial charge in [0.1, 0.15) is 5.15 Å². The average molecular weight is 183 g/mol. The summed E-state index contributed by atoms with van der Waals surface area (Å²) in [6, 6.07) is 1.57. The zero-order valence-electron chi connectivity index (χ0n) is 5.81. The molecule has 0 atom stereocenters. The van der Waals surface area contributed by atoms with E-state index in [1.807, 2.05) is 0 Å². The number of carbonyl (C=O) groups is 1. The molecule has 0 aliphatic rings. The van der Waals surface area contributed by atoms with E-state index < -0.39 is 0 Å². The first-order valence-electron chi connectivity index (χ1n) is 3.14. The standard InChI is InChI=1S/C6H3ClN4O/c7-4-1-2-11-6(8-4)9-5(3-12)10-11/h1-3H. The van der Waals surface area contributed by atoms with Gasteiger partial charge < -0.3 is 0 Å². The van der Waals surface area contributed by atoms with Crippen molar-refractivity contribution in [2.75, 3.05) is 0 Å². The van der Waals surface area contributed by atoms with Crippen LogP contribution in [0.2, 0.25) is 5.15 Å². The van der Waals surface area contributed by atoms with Crippen molar-refractivity contribution in [3.63, 3.8) is 0 Å². The number of aldehydes is 1. The first-order chi connectivity index (χ1) is 5.79. The third kappa shape index (κ3) is 1.04. The van der Waals surface area contributed by atoms with Crippen molar-refractivity contribution >= 4 is 23.7 Å². The van der Waals surface area contributed by atoms with Gasteiger partial charge >= 0.3 is 0 Å². The zero-order chi connectivity index (χ0) is 8.55. The second-order valence-corrected chi connectivity index (χ2v) is 2.47. The molecule has 0 saturated carbocycles. The SMILES string of the molecule is O=Cc1nc2nc(Cl)ccn2n1. The van der Waals surface area contributed by atoms with E-state index in [4.69, 9.17) is 11.6 Å². The summed E-state index contributed by atoms with van der Waals surface area (Å²) in [6.45, 7) is 0. The number of nitrogens with zero attached hydrogens (tertiary/aromatic N) is 4. The predicted molar refractivity (Wildman–Crippen MR) is 41.2 cm³/mol. The maximum Gasteiger partial charge on any atom is 0.254 e. The van der Waals surface area contributed by atoms with Gasteiger partial charge in [-0.05, 0) is 6.07 Å². The highest BCUT2D eigenvalue weighted by Crippen LogP contribution is 2.04. The average Bonchev–Trinajstić information content (AvgIpc) is 2.46. The molecule has 6 heteroatoms. The Hall–Kier alpha value is -1.49. The van der Waals surface area contributed by atoms with Crippen LogP contribution in [0.4, 0.5) is 0 Å². The third-order valence-electron chi connectivity index (χ3n) is 1.30. The fourth-order valence-electron chi connectivity index (χ4n) is 0.822. The smallest absolute Gasteiger partial charge is 0.254 e. The Bertz CT molecular complexity index is 438. The van der Waals surface area contributed by atoms with Crippen molar-refractivity contribution in [2.24, 2.45) is 0 Å². The highest BCUT2D eigenvalue weighted by Gasteiger charge is 2.02. The quantitative estimate of drug-likeness (QED) is 0.479. The molecule has 2 heterocycles. The maximum atomic E-state index is 10.3. The molecule has 12 heavy (non-hydrogen) atoms. The van der Waals surface area contributed by atoms with Gasteiger partial charge in [0.25, 0.3) is 5.78 Å². The molecule has 60 valence electrons. The van der Waals surface area contributed by atoms with E-state index in [1.165, 1.54) is 4.52 Å². The summed E-state index contributed by atoms with van der Waals surface area (Å²) in [4.78, 5) is 17.9. The number of hydrogen-bond acceptors (Lipinski definition) is 4. The van der Waals surface area contributed by atoms with E-state index in [9.17, 15) is 4.79 Å². The Kier molecular flexibility index (Phi) is 1.51. The lowest BCUT2D eigenvalue weighted by Gasteiger charge is -1.88. The highest BCUT2D eigenvalue weighted by molar-refractivity contribution is 6.29. The fourth-order valence-corrected chi connectivity index (χ4v) is 0.954. The van der Waals surface area contributed by atoms with Gasteiger partial charge in [0, 0.05) is 6.20 Å². The van der Waals surface area contributed by atoms with Crippen LogP contribution in [0.1, 0.15) is 10.6 Å². The van der Waals surface area contributed by atoms with Crippen LogP contribution in [0.15, 0.2) is 12.3 Å². The third-order valence-corrected chi connectivity index (χ3v) is 1.51. The number of hydrogen-bond donors (Lipinski definition) is 0. The molecule has 2 aromatic rings. The zero-order valence-corrected chi connectivity index (χ0v) is 6.56. The molecule has 0 saturated heterocycles. The molecule has 2 aromatic heterocycles. The highest BCUT2D eigenvalue weighted by atomic mass is 35.5. The first kappa shape index (κ1) is 7.17. The molecular weight excluding hydrogens is 180 g/mol. The molecule has 0 amide bonds. The van der Waals surface area contributed by atoms with Crippen molar-refractivity contribution in [1.82, 2.24) is 19.6 Å². The van der Waals surface area contributed by atoms with Gasteiger partial charge in [-0.3, -0.25) is 4.79 Å². The number of halogens is 1. The number of rotatable bonds is 1. The Morgan fingerprint density at radius 3 is 3.08 bits per heavy atom. The topological polar surface area (TPSA) is 60.2 Å². The molecule has 0 spiro atoms. The van der Waals surface area contributed by atoms with E-state index >= 15 is 0 Å². The van der Waals surface area contributed by atoms with E-state index in [0.29, 0.717) is 17.2 Å². The minimum Gasteiger partial charge on any atom is -0.294 e. The number of aromatic nitrogens is 4. The molecule has 0 aromatic carbocycles. The van der Waals surface area contributed by atoms with Crippen molar-refractivity contribution in [3.05, 3.63) is 23.2 Å². The van der Waals surface area contributed by atoms with E-state index in [0.717, 1.165) is 0 Å². The molecule has 0 fully saturated rings. The van der Waals surface area contributed by atoms with Gasteiger partial charge in [-0.25, -0.2) is 4.52 Å². The lowest BCUT2D eigenvalue weighted by atomic mass is 10.7. The lowest BCUT2D eigenvalue weighted by molar-refractivity contribution is 0.111. The fraction of sp³-hybridized carbons (Fsp3) is 0. The van der Waals surface area contributed by atoms with Crippen molar-refractivity contribution < 1.29 is 4.79 Å². The van der Waals surface area contributed by atoms with Gasteiger partial charge in [0.05, 0.1) is 0 Å². The second-order valence-electron chi connectivity index (χ2n) is 2.08. The van der Waals surface area contributed by atoms with Gasteiger partial charge in [0.2, 0.25) is 5.82 Å². The van der Waals surface area contributed by atoms with Crippen LogP contribution in [0, 0.1) is 0 Å². The maximum absolute atomic E-state index is 10.3. The van der Waals surface area contributed by atoms with Gasteiger partial charge in [-0.2, -0.15) is 9.97 Å². The van der Waals surface area contributed by atoms with Crippen LogP contribution >= 0.6 is 11.6 Å². The minimum atomic E-state index is 0.102. The first-order valence-corrected chi connectivity index (χ1v) is 3.51. The van der Waals surface area contributed by atoms with Crippen molar-refractivity contribution in [2.45, 2.75) is 0 Å². The molecule has 0 radical (unpaired) electrons. The predicted octanol–water partition coefficient (Wildman–Crippen LogP) is 0.590. The Morgan fingerprint density at radius 1 is 1.50 bits per heavy atom.